The number of ether oxygens (including phenoxy) is 2. The second-order valence-electron chi connectivity index (χ2n) is 5.35. The third kappa shape index (κ3) is 3.20. The van der Waals surface area contributed by atoms with Crippen molar-refractivity contribution in [3.63, 3.8) is 0 Å². The lowest BCUT2D eigenvalue weighted by atomic mass is 10.0. The molecule has 1 aliphatic heterocycles. The van der Waals surface area contributed by atoms with Gasteiger partial charge in [-0.3, -0.25) is 0 Å². The molecule has 104 valence electrons. The minimum Gasteiger partial charge on any atom is -0.488 e. The van der Waals surface area contributed by atoms with Crippen molar-refractivity contribution >= 4 is 0 Å². The average Bonchev–Trinajstić information content (AvgIpc) is 2.96. The molecule has 1 atom stereocenters. The van der Waals surface area contributed by atoms with Crippen molar-refractivity contribution in [3.8, 4) is 5.75 Å². The maximum absolute atomic E-state index is 5.88. The van der Waals surface area contributed by atoms with Gasteiger partial charge in [0.25, 0.3) is 0 Å². The van der Waals surface area contributed by atoms with E-state index in [-0.39, 0.29) is 6.10 Å². The van der Waals surface area contributed by atoms with Gasteiger partial charge >= 0.3 is 0 Å². The van der Waals surface area contributed by atoms with E-state index in [1.54, 1.807) is 0 Å². The van der Waals surface area contributed by atoms with Crippen LogP contribution in [0.5, 0.6) is 5.75 Å². The van der Waals surface area contributed by atoms with Gasteiger partial charge in [-0.05, 0) is 42.2 Å². The maximum atomic E-state index is 5.88. The van der Waals surface area contributed by atoms with E-state index >= 15 is 0 Å². The highest BCUT2D eigenvalue weighted by Gasteiger charge is 2.16. The van der Waals surface area contributed by atoms with E-state index in [0.717, 1.165) is 25.2 Å². The molecule has 0 bridgehead atoms. The molecule has 1 heterocycles. The van der Waals surface area contributed by atoms with Crippen molar-refractivity contribution in [2.75, 3.05) is 13.2 Å². The number of benzene rings is 2. The Bertz CT molecular complexity index is 554. The van der Waals surface area contributed by atoms with Crippen LogP contribution in [0.2, 0.25) is 0 Å². The SMILES string of the molecule is Cc1ccccc1Cc1ccc(OC2CCOC2)cc1. The van der Waals surface area contributed by atoms with Crippen LogP contribution < -0.4 is 4.74 Å². The quantitative estimate of drug-likeness (QED) is 0.840. The second-order valence-corrected chi connectivity index (χ2v) is 5.35. The Balaban J connectivity index is 1.65. The average molecular weight is 268 g/mol. The monoisotopic (exact) mass is 268 g/mol. The molecule has 0 radical (unpaired) electrons. The van der Waals surface area contributed by atoms with Crippen molar-refractivity contribution in [3.05, 3.63) is 65.2 Å². The zero-order valence-electron chi connectivity index (χ0n) is 11.8. The Morgan fingerprint density at radius 2 is 1.90 bits per heavy atom. The third-order valence-corrected chi connectivity index (χ3v) is 3.77. The highest BCUT2D eigenvalue weighted by Crippen LogP contribution is 2.20. The molecule has 1 unspecified atom stereocenters. The first-order valence-corrected chi connectivity index (χ1v) is 7.19. The molecule has 1 aliphatic rings. The van der Waals surface area contributed by atoms with Gasteiger partial charge in [0.15, 0.2) is 0 Å². The zero-order chi connectivity index (χ0) is 13.8. The lowest BCUT2D eigenvalue weighted by Crippen LogP contribution is -2.15. The highest BCUT2D eigenvalue weighted by molar-refractivity contribution is 5.34. The Hall–Kier alpha value is -1.80. The number of rotatable bonds is 4. The van der Waals surface area contributed by atoms with Crippen LogP contribution in [0.4, 0.5) is 0 Å². The van der Waals surface area contributed by atoms with Gasteiger partial charge < -0.3 is 9.47 Å². The fourth-order valence-electron chi connectivity index (χ4n) is 2.51. The topological polar surface area (TPSA) is 18.5 Å². The van der Waals surface area contributed by atoms with Crippen molar-refractivity contribution in [1.82, 2.24) is 0 Å². The van der Waals surface area contributed by atoms with Crippen LogP contribution >= 0.6 is 0 Å². The van der Waals surface area contributed by atoms with Gasteiger partial charge in [-0.25, -0.2) is 0 Å². The maximum Gasteiger partial charge on any atom is 0.124 e. The van der Waals surface area contributed by atoms with E-state index < -0.39 is 0 Å². The molecule has 2 aromatic carbocycles. The zero-order valence-corrected chi connectivity index (χ0v) is 11.8. The summed E-state index contributed by atoms with van der Waals surface area (Å²) >= 11 is 0. The molecule has 1 saturated heterocycles. The summed E-state index contributed by atoms with van der Waals surface area (Å²) < 4.78 is 11.2. The normalized spacial score (nSPS) is 18.1. The standard InChI is InChI=1S/C18H20O2/c1-14-4-2-3-5-16(14)12-15-6-8-17(9-7-15)20-18-10-11-19-13-18/h2-9,18H,10-13H2,1H3. The molecule has 0 N–H and O–H groups in total. The van der Waals surface area contributed by atoms with E-state index in [9.17, 15) is 0 Å². The van der Waals surface area contributed by atoms with Gasteiger partial charge in [0, 0.05) is 6.42 Å². The Morgan fingerprint density at radius 1 is 1.10 bits per heavy atom. The summed E-state index contributed by atoms with van der Waals surface area (Å²) in [6.07, 6.45) is 2.18. The number of hydrogen-bond donors (Lipinski definition) is 0. The largest absolute Gasteiger partial charge is 0.488 e. The molecular weight excluding hydrogens is 248 g/mol. The van der Waals surface area contributed by atoms with Gasteiger partial charge in [0.2, 0.25) is 0 Å². The molecular formula is C18H20O2. The van der Waals surface area contributed by atoms with Crippen molar-refractivity contribution in [2.45, 2.75) is 25.9 Å². The molecule has 0 amide bonds. The molecule has 2 heteroatoms. The summed E-state index contributed by atoms with van der Waals surface area (Å²) in [5.74, 6) is 0.939. The van der Waals surface area contributed by atoms with Gasteiger partial charge in [0.05, 0.1) is 13.2 Å². The smallest absolute Gasteiger partial charge is 0.124 e. The van der Waals surface area contributed by atoms with E-state index in [1.807, 2.05) is 0 Å². The molecule has 0 aliphatic carbocycles. The van der Waals surface area contributed by atoms with Crippen molar-refractivity contribution in [1.29, 1.82) is 0 Å². The van der Waals surface area contributed by atoms with Gasteiger partial charge in [-0.1, -0.05) is 36.4 Å². The predicted octanol–water partition coefficient (Wildman–Crippen LogP) is 3.75. The van der Waals surface area contributed by atoms with Gasteiger partial charge in [-0.2, -0.15) is 0 Å². The van der Waals surface area contributed by atoms with Crippen molar-refractivity contribution < 1.29 is 9.47 Å². The minimum atomic E-state index is 0.220. The van der Waals surface area contributed by atoms with E-state index in [4.69, 9.17) is 9.47 Å². The summed E-state index contributed by atoms with van der Waals surface area (Å²) in [6, 6.07) is 17.0. The van der Waals surface area contributed by atoms with Crippen LogP contribution in [0.25, 0.3) is 0 Å². The lowest BCUT2D eigenvalue weighted by molar-refractivity contribution is 0.141. The van der Waals surface area contributed by atoms with Crippen LogP contribution in [0.15, 0.2) is 48.5 Å². The van der Waals surface area contributed by atoms with Crippen LogP contribution in [0.1, 0.15) is 23.1 Å². The summed E-state index contributed by atoms with van der Waals surface area (Å²) in [7, 11) is 0. The first kappa shape index (κ1) is 13.2. The van der Waals surface area contributed by atoms with E-state index in [0.29, 0.717) is 6.61 Å². The summed E-state index contributed by atoms with van der Waals surface area (Å²) in [5.41, 5.74) is 4.04. The van der Waals surface area contributed by atoms with E-state index in [1.165, 1.54) is 16.7 Å². The molecule has 2 nitrogen and oxygen atoms in total. The number of aryl methyl sites for hydroxylation is 1. The first-order valence-electron chi connectivity index (χ1n) is 7.19. The predicted molar refractivity (Wildman–Crippen MR) is 80.3 cm³/mol. The van der Waals surface area contributed by atoms with Crippen LogP contribution in [0.3, 0.4) is 0 Å². The summed E-state index contributed by atoms with van der Waals surface area (Å²) in [5, 5.41) is 0. The lowest BCUT2D eigenvalue weighted by Gasteiger charge is -2.12. The summed E-state index contributed by atoms with van der Waals surface area (Å²) in [6.45, 7) is 3.69. The molecule has 2 aromatic rings. The molecule has 0 aromatic heterocycles. The molecule has 0 spiro atoms. The Kier molecular flexibility index (Phi) is 4.03. The van der Waals surface area contributed by atoms with Crippen LogP contribution in [0, 0.1) is 6.92 Å². The van der Waals surface area contributed by atoms with Crippen LogP contribution in [-0.4, -0.2) is 19.3 Å². The summed E-state index contributed by atoms with van der Waals surface area (Å²) in [4.78, 5) is 0. The van der Waals surface area contributed by atoms with Crippen LogP contribution in [-0.2, 0) is 11.2 Å². The van der Waals surface area contributed by atoms with E-state index in [2.05, 4.69) is 55.5 Å². The fraction of sp³-hybridized carbons (Fsp3) is 0.333. The molecule has 3 rings (SSSR count). The fourth-order valence-corrected chi connectivity index (χ4v) is 2.51. The highest BCUT2D eigenvalue weighted by atomic mass is 16.5. The molecule has 20 heavy (non-hydrogen) atoms. The minimum absolute atomic E-state index is 0.220. The molecule has 1 fully saturated rings. The van der Waals surface area contributed by atoms with Crippen molar-refractivity contribution in [2.24, 2.45) is 0 Å². The molecule has 0 saturated carbocycles. The Labute approximate surface area is 120 Å². The second kappa shape index (κ2) is 6.10. The number of hydrogen-bond acceptors (Lipinski definition) is 2. The Morgan fingerprint density at radius 3 is 2.60 bits per heavy atom. The first-order chi connectivity index (χ1) is 9.81. The third-order valence-electron chi connectivity index (χ3n) is 3.77. The van der Waals surface area contributed by atoms with Gasteiger partial charge in [-0.15, -0.1) is 0 Å². The van der Waals surface area contributed by atoms with Gasteiger partial charge in [0.1, 0.15) is 11.9 Å².